The maximum absolute atomic E-state index is 14.5. The lowest BCUT2D eigenvalue weighted by Crippen LogP contribution is -2.62. The molecule has 14 heteroatoms. The van der Waals surface area contributed by atoms with Crippen LogP contribution in [-0.4, -0.2) is 99.9 Å². The fraction of sp³-hybridized carbons (Fsp3) is 0.511. The SMILES string of the molecule is CCn1c(-c2cccnc2[C@H](C)OC)c2c3cc(ccc31)-c1cc(O)cc(c1)C[C@H](NC(=O)C(C(C)C)N(C)C(=O)[C@@H]1C[C@@H]1F)C(=O)N1CCC[C@H](N1)C(=O)OCC(C)(C)C2. The molecule has 13 nitrogen and oxygen atoms in total. The molecule has 3 N–H and O–H groups in total. The molecule has 326 valence electrons. The summed E-state index contributed by atoms with van der Waals surface area (Å²) >= 11 is 0. The molecule has 1 saturated carbocycles. The maximum Gasteiger partial charge on any atom is 0.324 e. The quantitative estimate of drug-likeness (QED) is 0.165. The van der Waals surface area contributed by atoms with E-state index in [1.54, 1.807) is 39.3 Å². The van der Waals surface area contributed by atoms with Crippen LogP contribution in [0.25, 0.3) is 33.3 Å². The Labute approximate surface area is 356 Å². The number of ether oxygens (including phenoxy) is 2. The molecule has 1 aliphatic carbocycles. The average molecular weight is 839 g/mol. The number of fused-ring (bicyclic) bond motifs is 6. The van der Waals surface area contributed by atoms with E-state index in [1.807, 2.05) is 25.1 Å². The monoisotopic (exact) mass is 838 g/mol. The first-order valence-corrected chi connectivity index (χ1v) is 21.4. The number of aromatic hydroxyl groups is 1. The van der Waals surface area contributed by atoms with Gasteiger partial charge in [0.15, 0.2) is 0 Å². The number of hydrogen-bond acceptors (Lipinski definition) is 9. The number of phenols is 1. The Hall–Kier alpha value is -5.34. The summed E-state index contributed by atoms with van der Waals surface area (Å²) in [6.45, 7) is 12.8. The fourth-order valence-corrected chi connectivity index (χ4v) is 9.07. The molecule has 3 aliphatic rings. The number of carbonyl (C=O) groups excluding carboxylic acids is 4. The summed E-state index contributed by atoms with van der Waals surface area (Å²) in [4.78, 5) is 61.7. The van der Waals surface area contributed by atoms with Crippen molar-refractivity contribution in [3.8, 4) is 28.1 Å². The van der Waals surface area contributed by atoms with Crippen LogP contribution in [0, 0.1) is 17.3 Å². The van der Waals surface area contributed by atoms with E-state index in [9.17, 15) is 28.7 Å². The zero-order valence-corrected chi connectivity index (χ0v) is 36.5. The molecule has 6 atom stereocenters. The molecule has 2 aliphatic heterocycles. The number of aryl methyl sites for hydroxylation is 1. The second kappa shape index (κ2) is 17.6. The van der Waals surface area contributed by atoms with Crippen LogP contribution in [-0.2, 0) is 48.0 Å². The van der Waals surface area contributed by atoms with Crippen LogP contribution in [0.5, 0.6) is 5.75 Å². The first-order chi connectivity index (χ1) is 29.0. The molecule has 0 spiro atoms. The zero-order chi connectivity index (χ0) is 43.9. The molecule has 2 fully saturated rings. The Morgan fingerprint density at radius 1 is 1.13 bits per heavy atom. The lowest BCUT2D eigenvalue weighted by Gasteiger charge is -2.36. The first kappa shape index (κ1) is 43.7. The predicted octanol–water partition coefficient (Wildman–Crippen LogP) is 6.29. The molecule has 1 unspecified atom stereocenters. The van der Waals surface area contributed by atoms with Gasteiger partial charge in [0, 0.05) is 61.7 Å². The molecule has 1 saturated heterocycles. The van der Waals surface area contributed by atoms with E-state index in [2.05, 4.69) is 54.3 Å². The minimum atomic E-state index is -1.23. The second-order valence-electron chi connectivity index (χ2n) is 18.0. The Kier molecular flexibility index (Phi) is 12.6. The first-order valence-electron chi connectivity index (χ1n) is 21.4. The lowest BCUT2D eigenvalue weighted by molar-refractivity contribution is -0.155. The summed E-state index contributed by atoms with van der Waals surface area (Å²) in [5.74, 6) is -3.16. The Morgan fingerprint density at radius 2 is 1.89 bits per heavy atom. The summed E-state index contributed by atoms with van der Waals surface area (Å²) in [7, 11) is 3.16. The number of likely N-dealkylation sites (N-methyl/N-ethyl adjacent to an activating group) is 1. The normalized spacial score (nSPS) is 22.6. The van der Waals surface area contributed by atoms with Gasteiger partial charge in [-0.1, -0.05) is 39.8 Å². The van der Waals surface area contributed by atoms with Crippen molar-refractivity contribution >= 4 is 34.6 Å². The number of amides is 3. The van der Waals surface area contributed by atoms with Crippen molar-refractivity contribution in [2.45, 2.75) is 111 Å². The standard InChI is InChI=1S/C47H59FN6O7/c1-9-53-39-15-14-29-22-33(39)35(42(53)32-12-10-16-49-40(32)27(4)60-8)24-47(5,6)25-61-46(59)37-13-11-17-54(51-37)45(58)38(20-28-18-30(29)21-31(55)19-28)50-43(56)41(26(2)3)52(7)44(57)34-23-36(34)48/h10,12,14-16,18-19,21-22,26-27,34,36-38,41,51,55H,9,11,13,17,20,23-25H2,1-8H3,(H,50,56)/t27-,34+,36-,37-,38-,41?/m0/s1. The molecule has 4 aromatic rings. The minimum Gasteiger partial charge on any atom is -0.508 e. The lowest BCUT2D eigenvalue weighted by atomic mass is 9.84. The number of carbonyl (C=O) groups is 4. The van der Waals surface area contributed by atoms with Crippen LogP contribution in [0.3, 0.4) is 0 Å². The third-order valence-corrected chi connectivity index (χ3v) is 12.4. The van der Waals surface area contributed by atoms with Crippen LogP contribution < -0.4 is 10.7 Å². The Morgan fingerprint density at radius 3 is 2.57 bits per heavy atom. The van der Waals surface area contributed by atoms with Crippen LogP contribution >= 0.6 is 0 Å². The highest BCUT2D eigenvalue weighted by Gasteiger charge is 2.47. The number of pyridine rings is 1. The number of benzene rings is 2. The van der Waals surface area contributed by atoms with E-state index < -0.39 is 59.3 Å². The van der Waals surface area contributed by atoms with Gasteiger partial charge in [0.1, 0.15) is 30.0 Å². The average Bonchev–Trinajstić information content (AvgIpc) is 3.90. The second-order valence-corrected chi connectivity index (χ2v) is 18.0. The summed E-state index contributed by atoms with van der Waals surface area (Å²) in [6.07, 6.45) is 1.85. The number of alkyl halides is 1. The van der Waals surface area contributed by atoms with Crippen LogP contribution in [0.2, 0.25) is 0 Å². The van der Waals surface area contributed by atoms with E-state index in [0.29, 0.717) is 36.9 Å². The van der Waals surface area contributed by atoms with Crippen LogP contribution in [0.1, 0.15) is 83.7 Å². The van der Waals surface area contributed by atoms with E-state index in [-0.39, 0.29) is 43.8 Å². The van der Waals surface area contributed by atoms with Crippen molar-refractivity contribution in [3.63, 3.8) is 0 Å². The number of hydrogen-bond donors (Lipinski definition) is 3. The number of aromatic nitrogens is 2. The highest BCUT2D eigenvalue weighted by atomic mass is 19.1. The Bertz CT molecular complexity index is 2330. The topological polar surface area (TPSA) is 155 Å². The van der Waals surface area contributed by atoms with Gasteiger partial charge in [0.25, 0.3) is 5.91 Å². The van der Waals surface area contributed by atoms with Gasteiger partial charge in [-0.15, -0.1) is 0 Å². The Balaban J connectivity index is 1.35. The number of rotatable bonds is 9. The fourth-order valence-electron chi connectivity index (χ4n) is 9.07. The van der Waals surface area contributed by atoms with Gasteiger partial charge in [-0.05, 0) is 104 Å². The van der Waals surface area contributed by atoms with Gasteiger partial charge < -0.3 is 29.4 Å². The third kappa shape index (κ3) is 9.02. The smallest absolute Gasteiger partial charge is 0.324 e. The molecule has 7 rings (SSSR count). The molecule has 2 aromatic heterocycles. The van der Waals surface area contributed by atoms with Gasteiger partial charge in [-0.2, -0.15) is 0 Å². The zero-order valence-electron chi connectivity index (χ0n) is 36.5. The van der Waals surface area contributed by atoms with Crippen molar-refractivity contribution in [2.75, 3.05) is 27.3 Å². The molecule has 0 radical (unpaired) electrons. The summed E-state index contributed by atoms with van der Waals surface area (Å²) in [5.41, 5.74) is 9.47. The van der Waals surface area contributed by atoms with Crippen molar-refractivity contribution in [1.82, 2.24) is 30.2 Å². The molecule has 61 heavy (non-hydrogen) atoms. The number of hydrazine groups is 1. The van der Waals surface area contributed by atoms with Gasteiger partial charge in [-0.25, -0.2) is 9.82 Å². The maximum atomic E-state index is 14.5. The highest BCUT2D eigenvalue weighted by Crippen LogP contribution is 2.42. The number of cyclic esters (lactones) is 1. The number of nitrogens with zero attached hydrogens (tertiary/aromatic N) is 4. The molecule has 2 aromatic carbocycles. The van der Waals surface area contributed by atoms with Gasteiger partial charge in [0.05, 0.1) is 30.0 Å². The van der Waals surface area contributed by atoms with Crippen LogP contribution in [0.15, 0.2) is 54.7 Å². The summed E-state index contributed by atoms with van der Waals surface area (Å²) in [6, 6.07) is 12.4. The number of nitrogens with one attached hydrogen (secondary N) is 2. The predicted molar refractivity (Wildman–Crippen MR) is 230 cm³/mol. The van der Waals surface area contributed by atoms with Crippen molar-refractivity contribution in [3.05, 3.63) is 71.5 Å². The van der Waals surface area contributed by atoms with E-state index >= 15 is 0 Å². The van der Waals surface area contributed by atoms with Gasteiger partial charge >= 0.3 is 5.97 Å². The number of methoxy groups -OCH3 is 1. The molecular weight excluding hydrogens is 780 g/mol. The van der Waals surface area contributed by atoms with Gasteiger partial charge in [0.2, 0.25) is 11.8 Å². The van der Waals surface area contributed by atoms with Crippen molar-refractivity contribution in [2.24, 2.45) is 17.3 Å². The molecule has 3 amide bonds. The molecular formula is C47H59FN6O7. The minimum absolute atomic E-state index is 0.0174. The molecule has 4 heterocycles. The highest BCUT2D eigenvalue weighted by molar-refractivity contribution is 5.96. The number of halogens is 1. The van der Waals surface area contributed by atoms with Crippen LogP contribution in [0.4, 0.5) is 4.39 Å². The molecule has 6 bridgehead atoms. The number of esters is 1. The third-order valence-electron chi connectivity index (χ3n) is 12.4. The summed E-state index contributed by atoms with van der Waals surface area (Å²) in [5, 5.41) is 16.5. The summed E-state index contributed by atoms with van der Waals surface area (Å²) < 4.78 is 28.1. The van der Waals surface area contributed by atoms with Crippen molar-refractivity contribution in [1.29, 1.82) is 0 Å². The van der Waals surface area contributed by atoms with E-state index in [1.165, 1.54) is 17.0 Å². The van der Waals surface area contributed by atoms with Crippen molar-refractivity contribution < 1.29 is 38.1 Å². The van der Waals surface area contributed by atoms with E-state index in [0.717, 1.165) is 39.0 Å². The number of phenolic OH excluding ortho intramolecular Hbond substituents is 1. The van der Waals surface area contributed by atoms with Gasteiger partial charge in [-0.3, -0.25) is 29.2 Å². The van der Waals surface area contributed by atoms with E-state index in [4.69, 9.17) is 14.5 Å². The largest absolute Gasteiger partial charge is 0.508 e.